The smallest absolute Gasteiger partial charge is 0.234 e. The van der Waals surface area contributed by atoms with Gasteiger partial charge in [-0.05, 0) is 26.3 Å². The Morgan fingerprint density at radius 2 is 1.89 bits per heavy atom. The minimum Gasteiger partial charge on any atom is -0.368 e. The Labute approximate surface area is 117 Å². The van der Waals surface area contributed by atoms with Crippen LogP contribution >= 0.6 is 0 Å². The van der Waals surface area contributed by atoms with Gasteiger partial charge in [-0.15, -0.1) is 0 Å². The molecular weight excluding hydrogens is 240 g/mol. The summed E-state index contributed by atoms with van der Waals surface area (Å²) < 4.78 is 0. The van der Waals surface area contributed by atoms with Crippen LogP contribution in [0, 0.1) is 0 Å². The quantitative estimate of drug-likeness (QED) is 0.664. The van der Waals surface area contributed by atoms with Crippen molar-refractivity contribution in [2.75, 3.05) is 39.3 Å². The van der Waals surface area contributed by atoms with E-state index in [1.165, 1.54) is 6.42 Å². The lowest BCUT2D eigenvalue weighted by Gasteiger charge is -2.38. The fourth-order valence-electron chi connectivity index (χ4n) is 2.59. The van der Waals surface area contributed by atoms with Crippen LogP contribution in [0.5, 0.6) is 0 Å². The number of likely N-dealkylation sites (N-methyl/N-ethyl adjacent to an activating group) is 1. The minimum atomic E-state index is -0.236. The topological polar surface area (TPSA) is 61.6 Å². The molecule has 0 aromatic carbocycles. The van der Waals surface area contributed by atoms with Crippen LogP contribution < -0.4 is 11.1 Å². The van der Waals surface area contributed by atoms with Gasteiger partial charge >= 0.3 is 0 Å². The summed E-state index contributed by atoms with van der Waals surface area (Å²) in [6.45, 7) is 12.7. The maximum absolute atomic E-state index is 11.3. The third-order valence-corrected chi connectivity index (χ3v) is 4.15. The van der Waals surface area contributed by atoms with E-state index in [1.807, 2.05) is 6.92 Å². The largest absolute Gasteiger partial charge is 0.368 e. The predicted molar refractivity (Wildman–Crippen MR) is 79.0 cm³/mol. The second-order valence-corrected chi connectivity index (χ2v) is 5.44. The van der Waals surface area contributed by atoms with Gasteiger partial charge in [-0.3, -0.25) is 9.69 Å². The summed E-state index contributed by atoms with van der Waals surface area (Å²) >= 11 is 0. The van der Waals surface area contributed by atoms with Crippen molar-refractivity contribution in [2.24, 2.45) is 5.73 Å². The van der Waals surface area contributed by atoms with Crippen LogP contribution in [0.25, 0.3) is 0 Å². The zero-order valence-electron chi connectivity index (χ0n) is 12.7. The first-order valence-corrected chi connectivity index (χ1v) is 7.57. The molecule has 0 aromatic rings. The fraction of sp³-hybridized carbons (Fsp3) is 0.929. The molecular formula is C14H30N4O. The molecule has 0 radical (unpaired) electrons. The zero-order valence-corrected chi connectivity index (χ0v) is 12.7. The summed E-state index contributed by atoms with van der Waals surface area (Å²) in [5.41, 5.74) is 5.39. The van der Waals surface area contributed by atoms with Gasteiger partial charge in [0.05, 0.1) is 6.04 Å². The van der Waals surface area contributed by atoms with Gasteiger partial charge < -0.3 is 16.0 Å². The second-order valence-electron chi connectivity index (χ2n) is 5.44. The number of primary amides is 1. The van der Waals surface area contributed by atoms with Crippen molar-refractivity contribution in [3.8, 4) is 0 Å². The number of hydrogen-bond acceptors (Lipinski definition) is 4. The predicted octanol–water partition coefficient (Wildman–Crippen LogP) is 0.256. The van der Waals surface area contributed by atoms with Crippen LogP contribution in [-0.2, 0) is 4.79 Å². The third-order valence-electron chi connectivity index (χ3n) is 4.15. The summed E-state index contributed by atoms with van der Waals surface area (Å²) in [6, 6.07) is 0.500. The molecule has 5 heteroatoms. The minimum absolute atomic E-state index is 0.183. The lowest BCUT2D eigenvalue weighted by molar-refractivity contribution is -0.120. The van der Waals surface area contributed by atoms with E-state index < -0.39 is 0 Å². The van der Waals surface area contributed by atoms with E-state index in [2.05, 4.69) is 29.0 Å². The molecule has 0 aromatic heterocycles. The second kappa shape index (κ2) is 8.51. The number of amides is 1. The van der Waals surface area contributed by atoms with Crippen molar-refractivity contribution in [2.45, 2.75) is 45.7 Å². The van der Waals surface area contributed by atoms with Gasteiger partial charge in [0.25, 0.3) is 0 Å². The average Bonchev–Trinajstić information content (AvgIpc) is 2.42. The Hall–Kier alpha value is -0.650. The highest BCUT2D eigenvalue weighted by Gasteiger charge is 2.21. The first kappa shape index (κ1) is 16.4. The fourth-order valence-corrected chi connectivity index (χ4v) is 2.59. The molecule has 1 fully saturated rings. The summed E-state index contributed by atoms with van der Waals surface area (Å²) in [4.78, 5) is 16.3. The van der Waals surface area contributed by atoms with E-state index in [9.17, 15) is 4.79 Å². The van der Waals surface area contributed by atoms with E-state index in [4.69, 9.17) is 5.73 Å². The van der Waals surface area contributed by atoms with Gasteiger partial charge in [-0.25, -0.2) is 0 Å². The number of nitrogens with two attached hydrogens (primary N) is 1. The molecule has 112 valence electrons. The van der Waals surface area contributed by atoms with Crippen LogP contribution in [0.1, 0.15) is 33.6 Å². The number of piperazine rings is 1. The number of nitrogens with one attached hydrogen (secondary N) is 1. The van der Waals surface area contributed by atoms with E-state index >= 15 is 0 Å². The summed E-state index contributed by atoms with van der Waals surface area (Å²) in [7, 11) is 0. The molecule has 1 amide bonds. The summed E-state index contributed by atoms with van der Waals surface area (Å²) in [5.74, 6) is -0.236. The first-order valence-electron chi connectivity index (χ1n) is 7.57. The average molecular weight is 270 g/mol. The maximum Gasteiger partial charge on any atom is 0.234 e. The molecule has 3 N–H and O–H groups in total. The number of rotatable bonds is 8. The van der Waals surface area contributed by atoms with E-state index in [0.717, 1.165) is 45.7 Å². The van der Waals surface area contributed by atoms with Crippen LogP contribution in [-0.4, -0.2) is 67.1 Å². The standard InChI is InChI=1S/C14H30N4O/c1-4-12(3)18-10-8-17(9-11-18)7-6-13(14(15)19)16-5-2/h12-13,16H,4-11H2,1-3H3,(H2,15,19). The first-order chi connectivity index (χ1) is 9.08. The van der Waals surface area contributed by atoms with Crippen LogP contribution in [0.15, 0.2) is 0 Å². The highest BCUT2D eigenvalue weighted by molar-refractivity contribution is 5.79. The molecule has 1 heterocycles. The van der Waals surface area contributed by atoms with Crippen LogP contribution in [0.2, 0.25) is 0 Å². The zero-order chi connectivity index (χ0) is 14.3. The van der Waals surface area contributed by atoms with E-state index in [0.29, 0.717) is 6.04 Å². The monoisotopic (exact) mass is 270 g/mol. The number of hydrogen-bond donors (Lipinski definition) is 2. The van der Waals surface area contributed by atoms with Crippen LogP contribution in [0.3, 0.4) is 0 Å². The molecule has 1 aliphatic heterocycles. The van der Waals surface area contributed by atoms with Crippen molar-refractivity contribution in [3.05, 3.63) is 0 Å². The van der Waals surface area contributed by atoms with Gasteiger partial charge in [0.2, 0.25) is 5.91 Å². The lowest BCUT2D eigenvalue weighted by Crippen LogP contribution is -2.51. The Bertz CT molecular complexity index is 264. The highest BCUT2D eigenvalue weighted by atomic mass is 16.1. The van der Waals surface area contributed by atoms with Crippen molar-refractivity contribution in [3.63, 3.8) is 0 Å². The number of carbonyl (C=O) groups is 1. The van der Waals surface area contributed by atoms with Crippen molar-refractivity contribution in [1.29, 1.82) is 0 Å². The number of nitrogens with zero attached hydrogens (tertiary/aromatic N) is 2. The molecule has 19 heavy (non-hydrogen) atoms. The lowest BCUT2D eigenvalue weighted by atomic mass is 10.1. The normalized spacial score (nSPS) is 21.2. The van der Waals surface area contributed by atoms with E-state index in [-0.39, 0.29) is 11.9 Å². The van der Waals surface area contributed by atoms with Crippen LogP contribution in [0.4, 0.5) is 0 Å². The van der Waals surface area contributed by atoms with Gasteiger partial charge in [0, 0.05) is 38.8 Å². The SMILES string of the molecule is CCNC(CCN1CCN(C(C)CC)CC1)C(N)=O. The molecule has 0 spiro atoms. The summed E-state index contributed by atoms with van der Waals surface area (Å²) in [6.07, 6.45) is 2.02. The Morgan fingerprint density at radius 3 is 2.37 bits per heavy atom. The molecule has 1 saturated heterocycles. The molecule has 0 bridgehead atoms. The maximum atomic E-state index is 11.3. The van der Waals surface area contributed by atoms with Gasteiger partial charge in [0.15, 0.2) is 0 Å². The van der Waals surface area contributed by atoms with Crippen molar-refractivity contribution >= 4 is 5.91 Å². The van der Waals surface area contributed by atoms with Gasteiger partial charge in [-0.2, -0.15) is 0 Å². The number of carbonyl (C=O) groups excluding carboxylic acids is 1. The molecule has 1 aliphatic rings. The van der Waals surface area contributed by atoms with Crippen molar-refractivity contribution in [1.82, 2.24) is 15.1 Å². The molecule has 5 nitrogen and oxygen atoms in total. The molecule has 1 rings (SSSR count). The molecule has 2 atom stereocenters. The Balaban J connectivity index is 2.27. The Kier molecular flexibility index (Phi) is 7.34. The third kappa shape index (κ3) is 5.47. The van der Waals surface area contributed by atoms with Gasteiger partial charge in [0.1, 0.15) is 0 Å². The Morgan fingerprint density at radius 1 is 1.26 bits per heavy atom. The molecule has 2 unspecified atom stereocenters. The highest BCUT2D eigenvalue weighted by Crippen LogP contribution is 2.09. The van der Waals surface area contributed by atoms with Gasteiger partial charge in [-0.1, -0.05) is 13.8 Å². The van der Waals surface area contributed by atoms with Crippen molar-refractivity contribution < 1.29 is 4.79 Å². The molecule has 0 saturated carbocycles. The summed E-state index contributed by atoms with van der Waals surface area (Å²) in [5, 5.41) is 3.15. The molecule has 0 aliphatic carbocycles. The van der Waals surface area contributed by atoms with E-state index in [1.54, 1.807) is 0 Å².